The van der Waals surface area contributed by atoms with Gasteiger partial charge in [0.05, 0.1) is 5.41 Å². The van der Waals surface area contributed by atoms with Crippen molar-refractivity contribution in [1.29, 1.82) is 0 Å². The van der Waals surface area contributed by atoms with Crippen LogP contribution >= 0.6 is 0 Å². The molecule has 0 bridgehead atoms. The molecule has 1 unspecified atom stereocenters. The predicted molar refractivity (Wildman–Crippen MR) is 76.6 cm³/mol. The molecule has 0 spiro atoms. The minimum Gasteiger partial charge on any atom is -0.486 e. The number of aliphatic carboxylic acids is 1. The van der Waals surface area contributed by atoms with Crippen LogP contribution in [0.1, 0.15) is 13.3 Å². The van der Waals surface area contributed by atoms with Crippen molar-refractivity contribution in [3.05, 3.63) is 18.2 Å². The average Bonchev–Trinajstić information content (AvgIpc) is 2.91. The van der Waals surface area contributed by atoms with E-state index in [0.717, 1.165) is 0 Å². The second-order valence-electron chi connectivity index (χ2n) is 5.73. The number of carboxylic acid groups (broad SMARTS) is 1. The summed E-state index contributed by atoms with van der Waals surface area (Å²) in [6.45, 7) is 2.35. The molecule has 1 atom stereocenters. The Hall–Kier alpha value is -1.80. The predicted octanol–water partition coefficient (Wildman–Crippen LogP) is 0.943. The Morgan fingerprint density at radius 1 is 1.32 bits per heavy atom. The summed E-state index contributed by atoms with van der Waals surface area (Å²) in [5.41, 5.74) is -1.06. The van der Waals surface area contributed by atoms with Gasteiger partial charge in [0.1, 0.15) is 18.1 Å². The Morgan fingerprint density at radius 2 is 2.05 bits per heavy atom. The molecule has 120 valence electrons. The summed E-state index contributed by atoms with van der Waals surface area (Å²) in [6.07, 6.45) is 0.286. The highest BCUT2D eigenvalue weighted by Crippen LogP contribution is 2.40. The molecular formula is C14H17NO6S. The van der Waals surface area contributed by atoms with Gasteiger partial charge in [0, 0.05) is 13.1 Å². The number of carbonyl (C=O) groups is 1. The highest BCUT2D eigenvalue weighted by atomic mass is 32.2. The molecule has 3 rings (SSSR count). The number of sulfonamides is 1. The van der Waals surface area contributed by atoms with Gasteiger partial charge in [-0.2, -0.15) is 4.31 Å². The number of carboxylic acids is 1. The van der Waals surface area contributed by atoms with E-state index >= 15 is 0 Å². The summed E-state index contributed by atoms with van der Waals surface area (Å²) in [4.78, 5) is 11.3. The fraction of sp³-hybridized carbons (Fsp3) is 0.500. The fourth-order valence-corrected chi connectivity index (χ4v) is 4.40. The standard InChI is InChI=1S/C14H17NO6S/c1-14(13(16)17)5-6-15(9-14)22(18,19)11-4-2-3-10-12(11)21-8-7-20-10/h2-4H,5-9H2,1H3,(H,16,17). The lowest BCUT2D eigenvalue weighted by atomic mass is 9.90. The molecule has 0 saturated carbocycles. The first-order chi connectivity index (χ1) is 10.3. The van der Waals surface area contributed by atoms with E-state index < -0.39 is 21.4 Å². The van der Waals surface area contributed by atoms with Crippen LogP contribution in [-0.2, 0) is 14.8 Å². The van der Waals surface area contributed by atoms with Gasteiger partial charge in [0.2, 0.25) is 10.0 Å². The van der Waals surface area contributed by atoms with Crippen molar-refractivity contribution in [3.8, 4) is 11.5 Å². The van der Waals surface area contributed by atoms with Crippen LogP contribution in [0.3, 0.4) is 0 Å². The maximum absolute atomic E-state index is 12.8. The smallest absolute Gasteiger partial charge is 0.310 e. The van der Waals surface area contributed by atoms with Gasteiger partial charge < -0.3 is 14.6 Å². The zero-order chi connectivity index (χ0) is 16.0. The van der Waals surface area contributed by atoms with Crippen LogP contribution < -0.4 is 9.47 Å². The van der Waals surface area contributed by atoms with Crippen LogP contribution in [0.2, 0.25) is 0 Å². The van der Waals surface area contributed by atoms with Crippen molar-refractivity contribution < 1.29 is 27.8 Å². The Kier molecular flexibility index (Phi) is 3.53. The molecule has 1 aromatic rings. The van der Waals surface area contributed by atoms with Crippen molar-refractivity contribution in [1.82, 2.24) is 4.31 Å². The Labute approximate surface area is 128 Å². The monoisotopic (exact) mass is 327 g/mol. The number of hydrogen-bond donors (Lipinski definition) is 1. The number of benzene rings is 1. The number of ether oxygens (including phenoxy) is 2. The second-order valence-corrected chi connectivity index (χ2v) is 7.64. The van der Waals surface area contributed by atoms with E-state index in [4.69, 9.17) is 9.47 Å². The lowest BCUT2D eigenvalue weighted by molar-refractivity contribution is -0.146. The maximum atomic E-state index is 12.8. The first-order valence-corrected chi connectivity index (χ1v) is 8.41. The van der Waals surface area contributed by atoms with Crippen LogP contribution in [0.25, 0.3) is 0 Å². The van der Waals surface area contributed by atoms with Crippen molar-refractivity contribution in [2.45, 2.75) is 18.2 Å². The number of hydrogen-bond acceptors (Lipinski definition) is 5. The van der Waals surface area contributed by atoms with Gasteiger partial charge in [-0.05, 0) is 25.5 Å². The van der Waals surface area contributed by atoms with E-state index in [1.807, 2.05) is 0 Å². The van der Waals surface area contributed by atoms with E-state index in [1.54, 1.807) is 19.1 Å². The average molecular weight is 327 g/mol. The molecule has 1 saturated heterocycles. The Balaban J connectivity index is 1.97. The first kappa shape index (κ1) is 15.1. The molecule has 2 aliphatic rings. The SMILES string of the molecule is CC1(C(=O)O)CCN(S(=O)(=O)c2cccc3c2OCCO3)C1. The van der Waals surface area contributed by atoms with Crippen LogP contribution in [-0.4, -0.2) is 50.1 Å². The third-order valence-corrected chi connectivity index (χ3v) is 5.97. The number of rotatable bonds is 3. The molecule has 8 heteroatoms. The van der Waals surface area contributed by atoms with E-state index in [1.165, 1.54) is 10.4 Å². The van der Waals surface area contributed by atoms with Crippen LogP contribution in [0.4, 0.5) is 0 Å². The van der Waals surface area contributed by atoms with Gasteiger partial charge in [-0.3, -0.25) is 4.79 Å². The molecule has 0 radical (unpaired) electrons. The van der Waals surface area contributed by atoms with Gasteiger partial charge in [0.25, 0.3) is 0 Å². The highest BCUT2D eigenvalue weighted by molar-refractivity contribution is 7.89. The summed E-state index contributed by atoms with van der Waals surface area (Å²) in [6, 6.07) is 4.70. The van der Waals surface area contributed by atoms with Gasteiger partial charge in [0.15, 0.2) is 11.5 Å². The second kappa shape index (κ2) is 5.13. The molecule has 0 aromatic heterocycles. The Morgan fingerprint density at radius 3 is 2.73 bits per heavy atom. The zero-order valence-corrected chi connectivity index (χ0v) is 12.9. The Bertz CT molecular complexity index is 716. The molecular weight excluding hydrogens is 310 g/mol. The summed E-state index contributed by atoms with van der Waals surface area (Å²) in [5, 5.41) is 9.25. The quantitative estimate of drug-likeness (QED) is 0.888. The molecule has 2 aliphatic heterocycles. The lowest BCUT2D eigenvalue weighted by Crippen LogP contribution is -2.35. The summed E-state index contributed by atoms with van der Waals surface area (Å²) < 4.78 is 37.7. The number of nitrogens with zero attached hydrogens (tertiary/aromatic N) is 1. The van der Waals surface area contributed by atoms with Gasteiger partial charge in [-0.25, -0.2) is 8.42 Å². The van der Waals surface area contributed by atoms with Crippen molar-refractivity contribution in [3.63, 3.8) is 0 Å². The fourth-order valence-electron chi connectivity index (χ4n) is 2.69. The molecule has 1 fully saturated rings. The van der Waals surface area contributed by atoms with Gasteiger partial charge >= 0.3 is 5.97 Å². The summed E-state index contributed by atoms with van der Waals surface area (Å²) in [5.74, 6) is -0.384. The van der Waals surface area contributed by atoms with E-state index in [-0.39, 0.29) is 36.8 Å². The van der Waals surface area contributed by atoms with Gasteiger partial charge in [-0.15, -0.1) is 0 Å². The van der Waals surface area contributed by atoms with Crippen molar-refractivity contribution in [2.75, 3.05) is 26.3 Å². The van der Waals surface area contributed by atoms with Crippen LogP contribution in [0.15, 0.2) is 23.1 Å². The molecule has 2 heterocycles. The maximum Gasteiger partial charge on any atom is 0.310 e. The minimum atomic E-state index is -3.82. The highest BCUT2D eigenvalue weighted by Gasteiger charge is 2.45. The molecule has 0 aliphatic carbocycles. The zero-order valence-electron chi connectivity index (χ0n) is 12.1. The van der Waals surface area contributed by atoms with Crippen LogP contribution in [0, 0.1) is 5.41 Å². The van der Waals surface area contributed by atoms with Gasteiger partial charge in [-0.1, -0.05) is 6.07 Å². The van der Waals surface area contributed by atoms with Crippen LogP contribution in [0.5, 0.6) is 11.5 Å². The van der Waals surface area contributed by atoms with Crippen molar-refractivity contribution >= 4 is 16.0 Å². The molecule has 0 amide bonds. The number of para-hydroxylation sites is 1. The summed E-state index contributed by atoms with van der Waals surface area (Å²) in [7, 11) is -3.82. The third kappa shape index (κ3) is 2.32. The van der Waals surface area contributed by atoms with E-state index in [9.17, 15) is 18.3 Å². The van der Waals surface area contributed by atoms with E-state index in [0.29, 0.717) is 12.4 Å². The minimum absolute atomic E-state index is 0.0272. The van der Waals surface area contributed by atoms with E-state index in [2.05, 4.69) is 0 Å². The normalized spacial score (nSPS) is 25.1. The topological polar surface area (TPSA) is 93.1 Å². The molecule has 1 N–H and O–H groups in total. The molecule has 22 heavy (non-hydrogen) atoms. The largest absolute Gasteiger partial charge is 0.486 e. The first-order valence-electron chi connectivity index (χ1n) is 6.97. The number of fused-ring (bicyclic) bond motifs is 1. The molecule has 1 aromatic carbocycles. The lowest BCUT2D eigenvalue weighted by Gasteiger charge is -2.24. The third-order valence-electron chi connectivity index (χ3n) is 4.10. The van der Waals surface area contributed by atoms with Crippen molar-refractivity contribution in [2.24, 2.45) is 5.41 Å². The molecule has 7 nitrogen and oxygen atoms in total. The summed E-state index contributed by atoms with van der Waals surface area (Å²) >= 11 is 0.